The van der Waals surface area contributed by atoms with Crippen LogP contribution >= 0.6 is 7.82 Å². The van der Waals surface area contributed by atoms with E-state index in [2.05, 4.69) is 38.2 Å². The molecule has 0 aromatic rings. The van der Waals surface area contributed by atoms with Crippen LogP contribution in [0, 0.1) is 0 Å². The molecule has 0 saturated heterocycles. The third-order valence-corrected chi connectivity index (χ3v) is 7.82. The Morgan fingerprint density at radius 2 is 1.21 bits per heavy atom. The molecule has 0 aliphatic carbocycles. The van der Waals surface area contributed by atoms with Crippen LogP contribution in [0.25, 0.3) is 0 Å². The van der Waals surface area contributed by atoms with E-state index in [0.717, 1.165) is 70.6 Å². The number of ether oxygens (including phenoxy) is 2. The van der Waals surface area contributed by atoms with Gasteiger partial charge in [-0.25, -0.2) is 4.57 Å². The van der Waals surface area contributed by atoms with Crippen LogP contribution in [0.2, 0.25) is 0 Å². The van der Waals surface area contributed by atoms with E-state index in [1.165, 1.54) is 38.5 Å². The predicted octanol–water partition coefficient (Wildman–Crippen LogP) is 8.49. The van der Waals surface area contributed by atoms with Crippen LogP contribution in [0.4, 0.5) is 0 Å². The lowest BCUT2D eigenvalue weighted by atomic mass is 10.1. The van der Waals surface area contributed by atoms with Crippen molar-refractivity contribution in [2.45, 2.75) is 148 Å². The molecule has 0 rings (SSSR count). The van der Waals surface area contributed by atoms with E-state index in [9.17, 15) is 19.0 Å². The molecular weight excluding hydrogens is 569 g/mol. The fourth-order valence-corrected chi connectivity index (χ4v) is 5.07. The highest BCUT2D eigenvalue weighted by Crippen LogP contribution is 2.43. The van der Waals surface area contributed by atoms with E-state index >= 15 is 0 Å². The molecule has 0 radical (unpaired) electrons. The molecule has 0 heterocycles. The molecule has 0 aromatic heterocycles. The second kappa shape index (κ2) is 30.5. The van der Waals surface area contributed by atoms with Gasteiger partial charge in [0.1, 0.15) is 6.61 Å². The summed E-state index contributed by atoms with van der Waals surface area (Å²) in [6, 6.07) is 0. The summed E-state index contributed by atoms with van der Waals surface area (Å²) in [4.78, 5) is 34.3. The molecule has 43 heavy (non-hydrogen) atoms. The van der Waals surface area contributed by atoms with E-state index in [0.29, 0.717) is 6.42 Å². The summed E-state index contributed by atoms with van der Waals surface area (Å²) >= 11 is 0. The summed E-state index contributed by atoms with van der Waals surface area (Å²) in [5, 5.41) is 0. The fraction of sp³-hybridized carbons (Fsp3) is 0.818. The van der Waals surface area contributed by atoms with Gasteiger partial charge < -0.3 is 20.1 Å². The second-order valence-electron chi connectivity index (χ2n) is 11.0. The van der Waals surface area contributed by atoms with Crippen molar-refractivity contribution in [3.63, 3.8) is 0 Å². The van der Waals surface area contributed by atoms with Crippen molar-refractivity contribution in [3.05, 3.63) is 24.3 Å². The van der Waals surface area contributed by atoms with Gasteiger partial charge in [-0.3, -0.25) is 18.6 Å². The van der Waals surface area contributed by atoms with E-state index < -0.39 is 32.5 Å². The van der Waals surface area contributed by atoms with Crippen LogP contribution in [0.15, 0.2) is 24.3 Å². The number of rotatable bonds is 31. The van der Waals surface area contributed by atoms with Gasteiger partial charge in [0.05, 0.1) is 13.2 Å². The molecule has 0 aromatic carbocycles. The minimum atomic E-state index is -4.36. The Hall–Kier alpha value is -1.51. The van der Waals surface area contributed by atoms with Gasteiger partial charge in [-0.1, -0.05) is 109 Å². The predicted molar refractivity (Wildman–Crippen MR) is 174 cm³/mol. The number of allylic oxidation sites excluding steroid dienone is 4. The van der Waals surface area contributed by atoms with Gasteiger partial charge in [0.25, 0.3) is 0 Å². The largest absolute Gasteiger partial charge is 0.472 e. The summed E-state index contributed by atoms with van der Waals surface area (Å²) in [5.41, 5.74) is 5.30. The minimum absolute atomic E-state index is 0.0516. The van der Waals surface area contributed by atoms with E-state index in [1.54, 1.807) is 0 Å². The number of phosphoric ester groups is 1. The Morgan fingerprint density at radius 1 is 0.698 bits per heavy atom. The van der Waals surface area contributed by atoms with Gasteiger partial charge in [-0.2, -0.15) is 0 Å². The number of hydrogen-bond donors (Lipinski definition) is 2. The van der Waals surface area contributed by atoms with Crippen LogP contribution < -0.4 is 5.73 Å². The number of hydrogen-bond acceptors (Lipinski definition) is 8. The van der Waals surface area contributed by atoms with Crippen LogP contribution in [-0.2, 0) is 32.7 Å². The topological polar surface area (TPSA) is 134 Å². The van der Waals surface area contributed by atoms with Crippen LogP contribution in [0.5, 0.6) is 0 Å². The monoisotopic (exact) mass is 631 g/mol. The summed E-state index contributed by atoms with van der Waals surface area (Å²) in [6.45, 7) is 3.60. The van der Waals surface area contributed by atoms with Crippen molar-refractivity contribution < 1.29 is 37.6 Å². The number of carbonyl (C=O) groups excluding carboxylic acids is 2. The van der Waals surface area contributed by atoms with Crippen molar-refractivity contribution >= 4 is 19.8 Å². The maximum Gasteiger partial charge on any atom is 0.472 e. The minimum Gasteiger partial charge on any atom is -0.462 e. The highest BCUT2D eigenvalue weighted by Gasteiger charge is 2.25. The molecule has 252 valence electrons. The maximum absolute atomic E-state index is 12.4. The third-order valence-electron chi connectivity index (χ3n) is 6.84. The van der Waals surface area contributed by atoms with Crippen molar-refractivity contribution in [3.8, 4) is 0 Å². The zero-order chi connectivity index (χ0) is 31.9. The molecule has 0 saturated carbocycles. The number of phosphoric acid groups is 1. The first-order valence-corrected chi connectivity index (χ1v) is 18.3. The summed E-state index contributed by atoms with van der Waals surface area (Å²) < 4.78 is 32.4. The van der Waals surface area contributed by atoms with Crippen molar-refractivity contribution in [2.75, 3.05) is 26.4 Å². The van der Waals surface area contributed by atoms with Crippen molar-refractivity contribution in [1.82, 2.24) is 0 Å². The van der Waals surface area contributed by atoms with Gasteiger partial charge in [-0.15, -0.1) is 0 Å². The summed E-state index contributed by atoms with van der Waals surface area (Å²) in [7, 11) is -4.36. The van der Waals surface area contributed by atoms with Crippen LogP contribution in [-0.4, -0.2) is 49.3 Å². The van der Waals surface area contributed by atoms with E-state index in [-0.39, 0.29) is 32.6 Å². The van der Waals surface area contributed by atoms with Crippen LogP contribution in [0.3, 0.4) is 0 Å². The van der Waals surface area contributed by atoms with E-state index in [1.807, 2.05) is 0 Å². The molecule has 0 bridgehead atoms. The zero-order valence-electron chi connectivity index (χ0n) is 27.2. The molecule has 10 heteroatoms. The maximum atomic E-state index is 12.4. The molecule has 2 unspecified atom stereocenters. The SMILES string of the molecule is CCCCCC/C=C\C/C=C\CCCCCCCC(=O)OC(COC(=O)CCCCCCCC)COP(=O)(O)OCCN. The smallest absolute Gasteiger partial charge is 0.462 e. The quantitative estimate of drug-likeness (QED) is 0.0334. The molecule has 0 spiro atoms. The Kier molecular flexibility index (Phi) is 29.4. The Labute approximate surface area is 261 Å². The number of unbranched alkanes of at least 4 members (excludes halogenated alkanes) is 14. The van der Waals surface area contributed by atoms with Gasteiger partial charge in [0.15, 0.2) is 6.10 Å². The summed E-state index contributed by atoms with van der Waals surface area (Å²) in [6.07, 6.45) is 28.1. The highest BCUT2D eigenvalue weighted by molar-refractivity contribution is 7.47. The molecule has 0 fully saturated rings. The highest BCUT2D eigenvalue weighted by atomic mass is 31.2. The first-order valence-electron chi connectivity index (χ1n) is 16.8. The molecule has 0 aliphatic rings. The normalized spacial score (nSPS) is 13.9. The standard InChI is InChI=1S/C33H62NO8P/c1-3-5-7-9-11-12-13-14-15-16-17-18-19-20-22-24-26-33(36)42-31(30-41-43(37,38)40-28-27-34)29-39-32(35)25-23-21-10-8-6-4-2/h12-13,15-16,31H,3-11,14,17-30,34H2,1-2H3,(H,37,38)/b13-12-,16-15-. The Bertz CT molecular complexity index is 774. The number of carbonyl (C=O) groups is 2. The van der Waals surface area contributed by atoms with Gasteiger partial charge >= 0.3 is 19.8 Å². The van der Waals surface area contributed by atoms with Gasteiger partial charge in [-0.05, 0) is 44.9 Å². The second-order valence-corrected chi connectivity index (χ2v) is 12.5. The number of nitrogens with two attached hydrogens (primary N) is 1. The lowest BCUT2D eigenvalue weighted by molar-refractivity contribution is -0.161. The molecule has 2 atom stereocenters. The lowest BCUT2D eigenvalue weighted by Crippen LogP contribution is -2.29. The van der Waals surface area contributed by atoms with Gasteiger partial charge in [0, 0.05) is 19.4 Å². The Balaban J connectivity index is 4.24. The molecule has 0 aliphatic heterocycles. The zero-order valence-corrected chi connectivity index (χ0v) is 28.1. The third kappa shape index (κ3) is 30.3. The molecule has 0 amide bonds. The Morgan fingerprint density at radius 3 is 1.79 bits per heavy atom. The lowest BCUT2D eigenvalue weighted by Gasteiger charge is -2.19. The fourth-order valence-electron chi connectivity index (χ4n) is 4.31. The van der Waals surface area contributed by atoms with Crippen molar-refractivity contribution in [2.24, 2.45) is 5.73 Å². The molecule has 9 nitrogen and oxygen atoms in total. The van der Waals surface area contributed by atoms with Crippen LogP contribution in [0.1, 0.15) is 142 Å². The molecule has 3 N–H and O–H groups in total. The first kappa shape index (κ1) is 41.5. The first-order chi connectivity index (χ1) is 20.8. The molecular formula is C33H62NO8P. The van der Waals surface area contributed by atoms with Gasteiger partial charge in [0.2, 0.25) is 0 Å². The average molecular weight is 632 g/mol. The van der Waals surface area contributed by atoms with Crippen molar-refractivity contribution in [1.29, 1.82) is 0 Å². The van der Waals surface area contributed by atoms with E-state index in [4.69, 9.17) is 24.3 Å². The summed E-state index contributed by atoms with van der Waals surface area (Å²) in [5.74, 6) is -0.857. The average Bonchev–Trinajstić information content (AvgIpc) is 2.99. The number of esters is 2.